The Morgan fingerprint density at radius 1 is 1.13 bits per heavy atom. The summed E-state index contributed by atoms with van der Waals surface area (Å²) >= 11 is 5.79. The molecule has 0 fully saturated rings. The van der Waals surface area contributed by atoms with Crippen molar-refractivity contribution in [3.8, 4) is 5.75 Å². The van der Waals surface area contributed by atoms with Crippen LogP contribution in [-0.4, -0.2) is 23.0 Å². The fourth-order valence-corrected chi connectivity index (χ4v) is 2.48. The smallest absolute Gasteiger partial charge is 0.255 e. The second-order valence-electron chi connectivity index (χ2n) is 5.19. The first-order chi connectivity index (χ1) is 10.9. The zero-order valence-corrected chi connectivity index (χ0v) is 13.2. The van der Waals surface area contributed by atoms with Crippen LogP contribution in [0.1, 0.15) is 28.8 Å². The van der Waals surface area contributed by atoms with Crippen molar-refractivity contribution < 1.29 is 14.7 Å². The fourth-order valence-electron chi connectivity index (χ4n) is 2.31. The third-order valence-corrected chi connectivity index (χ3v) is 3.95. The number of para-hydroxylation sites is 1. The molecule has 0 heterocycles. The maximum absolute atomic E-state index is 12.3. The summed E-state index contributed by atoms with van der Waals surface area (Å²) in [5.74, 6) is -1.92. The summed E-state index contributed by atoms with van der Waals surface area (Å²) in [7, 11) is 0. The van der Waals surface area contributed by atoms with Gasteiger partial charge in [-0.3, -0.25) is 9.59 Å². The molecule has 2 atom stereocenters. The Kier molecular flexibility index (Phi) is 5.24. The summed E-state index contributed by atoms with van der Waals surface area (Å²) in [5.41, 5.74) is 6.28. The molecule has 6 heteroatoms. The van der Waals surface area contributed by atoms with Gasteiger partial charge in [0.25, 0.3) is 5.91 Å². The number of carbonyl (C=O) groups is 2. The number of primary amides is 1. The standard InChI is InChI=1S/C17H17ClN2O3/c1-10(11-6-3-2-4-7-11)14(16(19)22)20-17(23)12-8-5-9-13(18)15(12)21/h2-10,14,21H,1H3,(H2,19,22)(H,20,23). The minimum absolute atomic E-state index is 0.0102. The normalized spacial score (nSPS) is 13.1. The average molecular weight is 333 g/mol. The van der Waals surface area contributed by atoms with Crippen molar-refractivity contribution in [3.63, 3.8) is 0 Å². The first kappa shape index (κ1) is 16.8. The van der Waals surface area contributed by atoms with Crippen LogP contribution in [0.3, 0.4) is 0 Å². The quantitative estimate of drug-likeness (QED) is 0.785. The lowest BCUT2D eigenvalue weighted by molar-refractivity contribution is -0.120. The zero-order chi connectivity index (χ0) is 17.0. The van der Waals surface area contributed by atoms with Crippen molar-refractivity contribution in [2.45, 2.75) is 18.9 Å². The van der Waals surface area contributed by atoms with E-state index >= 15 is 0 Å². The number of benzene rings is 2. The molecule has 2 aromatic carbocycles. The van der Waals surface area contributed by atoms with Crippen LogP contribution in [0.25, 0.3) is 0 Å². The molecule has 5 nitrogen and oxygen atoms in total. The molecule has 0 saturated carbocycles. The summed E-state index contributed by atoms with van der Waals surface area (Å²) in [5, 5.41) is 12.5. The molecule has 0 aliphatic heterocycles. The third kappa shape index (κ3) is 3.81. The molecule has 0 aliphatic carbocycles. The van der Waals surface area contributed by atoms with E-state index in [-0.39, 0.29) is 22.3 Å². The minimum Gasteiger partial charge on any atom is -0.506 e. The number of amides is 2. The number of phenols is 1. The van der Waals surface area contributed by atoms with Crippen molar-refractivity contribution in [1.82, 2.24) is 5.32 Å². The molecule has 0 aromatic heterocycles. The summed E-state index contributed by atoms with van der Waals surface area (Å²) in [6.45, 7) is 1.79. The van der Waals surface area contributed by atoms with Gasteiger partial charge in [0.1, 0.15) is 11.8 Å². The number of carbonyl (C=O) groups excluding carboxylic acids is 2. The fraction of sp³-hybridized carbons (Fsp3) is 0.176. The predicted molar refractivity (Wildman–Crippen MR) is 88.4 cm³/mol. The van der Waals surface area contributed by atoms with E-state index in [1.165, 1.54) is 18.2 Å². The van der Waals surface area contributed by atoms with Gasteiger partial charge in [-0.1, -0.05) is 54.9 Å². The van der Waals surface area contributed by atoms with Crippen LogP contribution in [0.2, 0.25) is 5.02 Å². The molecular weight excluding hydrogens is 316 g/mol. The second kappa shape index (κ2) is 7.15. The molecular formula is C17H17ClN2O3. The lowest BCUT2D eigenvalue weighted by Crippen LogP contribution is -2.47. The van der Waals surface area contributed by atoms with Crippen molar-refractivity contribution in [2.24, 2.45) is 5.73 Å². The Bertz CT molecular complexity index is 719. The third-order valence-electron chi connectivity index (χ3n) is 3.65. The molecule has 2 aromatic rings. The van der Waals surface area contributed by atoms with Crippen LogP contribution in [0.15, 0.2) is 48.5 Å². The topological polar surface area (TPSA) is 92.4 Å². The molecule has 2 rings (SSSR count). The second-order valence-corrected chi connectivity index (χ2v) is 5.60. The van der Waals surface area contributed by atoms with Crippen molar-refractivity contribution in [3.05, 3.63) is 64.7 Å². The molecule has 2 amide bonds. The molecule has 120 valence electrons. The molecule has 0 radical (unpaired) electrons. The number of aromatic hydroxyl groups is 1. The Morgan fingerprint density at radius 3 is 2.39 bits per heavy atom. The van der Waals surface area contributed by atoms with Gasteiger partial charge in [-0.15, -0.1) is 0 Å². The molecule has 2 unspecified atom stereocenters. The predicted octanol–water partition coefficient (Wildman–Crippen LogP) is 2.43. The Morgan fingerprint density at radius 2 is 1.78 bits per heavy atom. The zero-order valence-electron chi connectivity index (χ0n) is 12.5. The summed E-state index contributed by atoms with van der Waals surface area (Å²) in [4.78, 5) is 24.1. The molecule has 0 bridgehead atoms. The Labute approximate surface area is 139 Å². The molecule has 4 N–H and O–H groups in total. The average Bonchev–Trinajstić information content (AvgIpc) is 2.55. The summed E-state index contributed by atoms with van der Waals surface area (Å²) < 4.78 is 0. The highest BCUT2D eigenvalue weighted by molar-refractivity contribution is 6.32. The maximum atomic E-state index is 12.3. The van der Waals surface area contributed by atoms with E-state index < -0.39 is 17.9 Å². The van der Waals surface area contributed by atoms with Gasteiger partial charge >= 0.3 is 0 Å². The SMILES string of the molecule is CC(c1ccccc1)C(NC(=O)c1cccc(Cl)c1O)C(N)=O. The van der Waals surface area contributed by atoms with Crippen LogP contribution >= 0.6 is 11.6 Å². The van der Waals surface area contributed by atoms with E-state index in [1.54, 1.807) is 6.92 Å². The van der Waals surface area contributed by atoms with Crippen molar-refractivity contribution in [1.29, 1.82) is 0 Å². The number of hydrogen-bond donors (Lipinski definition) is 3. The number of nitrogens with two attached hydrogens (primary N) is 1. The van der Waals surface area contributed by atoms with Gasteiger partial charge in [-0.2, -0.15) is 0 Å². The van der Waals surface area contributed by atoms with E-state index in [1.807, 2.05) is 30.3 Å². The van der Waals surface area contributed by atoms with E-state index in [2.05, 4.69) is 5.32 Å². The monoisotopic (exact) mass is 332 g/mol. The van der Waals surface area contributed by atoms with Gasteiger partial charge in [0, 0.05) is 5.92 Å². The molecule has 23 heavy (non-hydrogen) atoms. The van der Waals surface area contributed by atoms with E-state index in [0.29, 0.717) is 0 Å². The van der Waals surface area contributed by atoms with Crippen LogP contribution in [0.5, 0.6) is 5.75 Å². The number of phenolic OH excluding ortho intramolecular Hbond substituents is 1. The van der Waals surface area contributed by atoms with Gasteiger partial charge in [0.2, 0.25) is 5.91 Å². The highest BCUT2D eigenvalue weighted by atomic mass is 35.5. The van der Waals surface area contributed by atoms with Crippen molar-refractivity contribution in [2.75, 3.05) is 0 Å². The minimum atomic E-state index is -0.914. The molecule has 0 spiro atoms. The lowest BCUT2D eigenvalue weighted by atomic mass is 9.92. The van der Waals surface area contributed by atoms with Gasteiger partial charge in [0.15, 0.2) is 0 Å². The van der Waals surface area contributed by atoms with Crippen LogP contribution in [-0.2, 0) is 4.79 Å². The number of halogens is 1. The highest BCUT2D eigenvalue weighted by Crippen LogP contribution is 2.27. The number of nitrogens with one attached hydrogen (secondary N) is 1. The highest BCUT2D eigenvalue weighted by Gasteiger charge is 2.27. The number of rotatable bonds is 5. The van der Waals surface area contributed by atoms with Gasteiger partial charge < -0.3 is 16.2 Å². The first-order valence-corrected chi connectivity index (χ1v) is 7.42. The van der Waals surface area contributed by atoms with Gasteiger partial charge in [-0.05, 0) is 17.7 Å². The van der Waals surface area contributed by atoms with Crippen LogP contribution in [0, 0.1) is 0 Å². The molecule has 0 aliphatic rings. The Hall–Kier alpha value is -2.53. The van der Waals surface area contributed by atoms with Crippen LogP contribution in [0.4, 0.5) is 0 Å². The van der Waals surface area contributed by atoms with E-state index in [9.17, 15) is 14.7 Å². The van der Waals surface area contributed by atoms with Gasteiger partial charge in [0.05, 0.1) is 10.6 Å². The lowest BCUT2D eigenvalue weighted by Gasteiger charge is -2.23. The maximum Gasteiger partial charge on any atom is 0.255 e. The summed E-state index contributed by atoms with van der Waals surface area (Å²) in [6, 6.07) is 12.8. The van der Waals surface area contributed by atoms with Crippen LogP contribution < -0.4 is 11.1 Å². The summed E-state index contributed by atoms with van der Waals surface area (Å²) in [6.07, 6.45) is 0. The van der Waals surface area contributed by atoms with E-state index in [4.69, 9.17) is 17.3 Å². The molecule has 0 saturated heterocycles. The Balaban J connectivity index is 2.24. The van der Waals surface area contributed by atoms with E-state index in [0.717, 1.165) is 5.56 Å². The van der Waals surface area contributed by atoms with Gasteiger partial charge in [-0.25, -0.2) is 0 Å². The largest absolute Gasteiger partial charge is 0.506 e. The first-order valence-electron chi connectivity index (χ1n) is 7.04. The number of hydrogen-bond acceptors (Lipinski definition) is 3. The van der Waals surface area contributed by atoms with Crippen molar-refractivity contribution >= 4 is 23.4 Å².